The molecule has 1 aromatic rings. The van der Waals surface area contributed by atoms with E-state index in [2.05, 4.69) is 36.5 Å². The molecule has 1 N–H and O–H groups in total. The van der Waals surface area contributed by atoms with Crippen LogP contribution >= 0.6 is 0 Å². The Kier molecular flexibility index (Phi) is 4.32. The highest BCUT2D eigenvalue weighted by Crippen LogP contribution is 2.12. The molecule has 2 heteroatoms. The maximum absolute atomic E-state index is 11.9. The van der Waals surface area contributed by atoms with E-state index < -0.39 is 0 Å². The van der Waals surface area contributed by atoms with Crippen LogP contribution in [0, 0.1) is 0 Å². The number of aryl methyl sites for hydroxylation is 1. The minimum absolute atomic E-state index is 0.355. The van der Waals surface area contributed by atoms with Crippen LogP contribution in [0.15, 0.2) is 24.3 Å². The van der Waals surface area contributed by atoms with Gasteiger partial charge in [-0.3, -0.25) is 4.79 Å². The van der Waals surface area contributed by atoms with Crippen molar-refractivity contribution in [3.8, 4) is 0 Å². The van der Waals surface area contributed by atoms with E-state index in [0.29, 0.717) is 24.7 Å². The Morgan fingerprint density at radius 1 is 1.29 bits per heavy atom. The highest BCUT2D eigenvalue weighted by molar-refractivity contribution is 5.81. The third kappa shape index (κ3) is 3.67. The maximum atomic E-state index is 11.9. The number of benzene rings is 1. The van der Waals surface area contributed by atoms with Gasteiger partial charge in [0.1, 0.15) is 5.78 Å². The predicted octanol–water partition coefficient (Wildman–Crippen LogP) is 2.50. The number of nitrogens with one attached hydrogen (secondary N) is 1. The topological polar surface area (TPSA) is 29.1 Å². The summed E-state index contributed by atoms with van der Waals surface area (Å²) in [5.41, 5.74) is 2.48. The Balaban J connectivity index is 1.84. The van der Waals surface area contributed by atoms with Crippen LogP contribution in [0.25, 0.3) is 0 Å². The lowest BCUT2D eigenvalue weighted by atomic mass is 10.0. The molecule has 92 valence electrons. The van der Waals surface area contributed by atoms with Crippen LogP contribution in [0.3, 0.4) is 0 Å². The number of carbonyl (C=O) groups is 1. The lowest BCUT2D eigenvalue weighted by Gasteiger charge is -2.09. The second-order valence-electron chi connectivity index (χ2n) is 4.88. The molecule has 1 fully saturated rings. The standard InChI is InChI=1S/C15H21NO/c1-2-12-5-7-13(8-6-12)10-15(17)11-14-4-3-9-16-14/h5-8,14,16H,2-4,9-11H2,1H3. The number of hydrogen-bond acceptors (Lipinski definition) is 2. The molecule has 1 aromatic carbocycles. The molecule has 1 aliphatic heterocycles. The molecular formula is C15H21NO. The summed E-state index contributed by atoms with van der Waals surface area (Å²) in [5, 5.41) is 3.37. The normalized spacial score (nSPS) is 19.5. The zero-order valence-corrected chi connectivity index (χ0v) is 10.5. The van der Waals surface area contributed by atoms with E-state index in [9.17, 15) is 4.79 Å². The highest BCUT2D eigenvalue weighted by atomic mass is 16.1. The fourth-order valence-electron chi connectivity index (χ4n) is 2.40. The first kappa shape index (κ1) is 12.3. The Morgan fingerprint density at radius 2 is 2.00 bits per heavy atom. The molecule has 1 heterocycles. The van der Waals surface area contributed by atoms with Crippen molar-refractivity contribution in [2.45, 2.75) is 45.1 Å². The van der Waals surface area contributed by atoms with E-state index in [4.69, 9.17) is 0 Å². The van der Waals surface area contributed by atoms with Gasteiger partial charge in [-0.15, -0.1) is 0 Å². The van der Waals surface area contributed by atoms with Crippen LogP contribution < -0.4 is 5.32 Å². The summed E-state index contributed by atoms with van der Waals surface area (Å²) in [4.78, 5) is 11.9. The predicted molar refractivity (Wildman–Crippen MR) is 70.2 cm³/mol. The fourth-order valence-corrected chi connectivity index (χ4v) is 2.40. The van der Waals surface area contributed by atoms with Crippen molar-refractivity contribution in [3.05, 3.63) is 35.4 Å². The fraction of sp³-hybridized carbons (Fsp3) is 0.533. The van der Waals surface area contributed by atoms with Gasteiger partial charge in [-0.25, -0.2) is 0 Å². The second-order valence-corrected chi connectivity index (χ2v) is 4.88. The number of rotatable bonds is 5. The molecule has 1 saturated heterocycles. The SMILES string of the molecule is CCc1ccc(CC(=O)CC2CCCN2)cc1. The quantitative estimate of drug-likeness (QED) is 0.843. The largest absolute Gasteiger partial charge is 0.314 e. The lowest BCUT2D eigenvalue weighted by molar-refractivity contribution is -0.118. The highest BCUT2D eigenvalue weighted by Gasteiger charge is 2.17. The Bertz CT molecular complexity index is 363. The van der Waals surface area contributed by atoms with Gasteiger partial charge in [0.05, 0.1) is 0 Å². The zero-order chi connectivity index (χ0) is 12.1. The molecule has 2 nitrogen and oxygen atoms in total. The summed E-state index contributed by atoms with van der Waals surface area (Å²) in [6.07, 6.45) is 4.70. The summed E-state index contributed by atoms with van der Waals surface area (Å²) in [6.45, 7) is 3.22. The van der Waals surface area contributed by atoms with E-state index in [1.165, 1.54) is 12.0 Å². The van der Waals surface area contributed by atoms with Crippen molar-refractivity contribution >= 4 is 5.78 Å². The molecule has 0 aromatic heterocycles. The summed E-state index contributed by atoms with van der Waals surface area (Å²) in [7, 11) is 0. The molecular weight excluding hydrogens is 210 g/mol. The van der Waals surface area contributed by atoms with E-state index in [1.807, 2.05) is 0 Å². The van der Waals surface area contributed by atoms with Crippen LogP contribution in [-0.2, 0) is 17.6 Å². The van der Waals surface area contributed by atoms with Gasteiger partial charge in [0.25, 0.3) is 0 Å². The van der Waals surface area contributed by atoms with Crippen molar-refractivity contribution in [2.75, 3.05) is 6.54 Å². The molecule has 1 unspecified atom stereocenters. The molecule has 0 saturated carbocycles. The van der Waals surface area contributed by atoms with Crippen LogP contribution in [0.1, 0.15) is 37.3 Å². The van der Waals surface area contributed by atoms with Gasteiger partial charge in [-0.2, -0.15) is 0 Å². The van der Waals surface area contributed by atoms with Gasteiger partial charge in [-0.05, 0) is 36.9 Å². The van der Waals surface area contributed by atoms with Gasteiger partial charge < -0.3 is 5.32 Å². The Hall–Kier alpha value is -1.15. The first-order valence-corrected chi connectivity index (χ1v) is 6.61. The maximum Gasteiger partial charge on any atom is 0.138 e. The van der Waals surface area contributed by atoms with Crippen LogP contribution in [-0.4, -0.2) is 18.4 Å². The Labute approximate surface area is 103 Å². The van der Waals surface area contributed by atoms with Crippen molar-refractivity contribution in [1.29, 1.82) is 0 Å². The van der Waals surface area contributed by atoms with E-state index >= 15 is 0 Å². The molecule has 17 heavy (non-hydrogen) atoms. The number of ketones is 1. The lowest BCUT2D eigenvalue weighted by Crippen LogP contribution is -2.25. The summed E-state index contributed by atoms with van der Waals surface area (Å²) >= 11 is 0. The molecule has 1 aliphatic rings. The van der Waals surface area contributed by atoms with Crippen molar-refractivity contribution < 1.29 is 4.79 Å². The number of Topliss-reactive ketones (excluding diaryl/α,β-unsaturated/α-hetero) is 1. The van der Waals surface area contributed by atoms with Gasteiger partial charge >= 0.3 is 0 Å². The number of hydrogen-bond donors (Lipinski definition) is 1. The van der Waals surface area contributed by atoms with Crippen molar-refractivity contribution in [1.82, 2.24) is 5.32 Å². The Morgan fingerprint density at radius 3 is 2.59 bits per heavy atom. The average molecular weight is 231 g/mol. The van der Waals surface area contributed by atoms with Gasteiger partial charge in [0.15, 0.2) is 0 Å². The molecule has 2 rings (SSSR count). The number of carbonyl (C=O) groups excluding carboxylic acids is 1. The molecule has 0 bridgehead atoms. The first-order valence-electron chi connectivity index (χ1n) is 6.61. The van der Waals surface area contributed by atoms with Gasteiger partial charge in [-0.1, -0.05) is 31.2 Å². The van der Waals surface area contributed by atoms with Crippen LogP contribution in [0.4, 0.5) is 0 Å². The van der Waals surface area contributed by atoms with Gasteiger partial charge in [0.2, 0.25) is 0 Å². The summed E-state index contributed by atoms with van der Waals surface area (Å²) in [6, 6.07) is 8.84. The van der Waals surface area contributed by atoms with Crippen molar-refractivity contribution in [2.24, 2.45) is 0 Å². The van der Waals surface area contributed by atoms with Crippen LogP contribution in [0.5, 0.6) is 0 Å². The summed E-state index contributed by atoms with van der Waals surface area (Å²) in [5.74, 6) is 0.355. The van der Waals surface area contributed by atoms with Crippen molar-refractivity contribution in [3.63, 3.8) is 0 Å². The smallest absolute Gasteiger partial charge is 0.138 e. The molecule has 0 radical (unpaired) electrons. The van der Waals surface area contributed by atoms with E-state index in [1.54, 1.807) is 0 Å². The third-order valence-corrected chi connectivity index (χ3v) is 3.47. The molecule has 0 amide bonds. The zero-order valence-electron chi connectivity index (χ0n) is 10.5. The molecule has 0 aliphatic carbocycles. The second kappa shape index (κ2) is 5.97. The van der Waals surface area contributed by atoms with Crippen LogP contribution in [0.2, 0.25) is 0 Å². The minimum Gasteiger partial charge on any atom is -0.314 e. The van der Waals surface area contributed by atoms with E-state index in [0.717, 1.165) is 24.9 Å². The molecule has 1 atom stereocenters. The minimum atomic E-state index is 0.355. The average Bonchev–Trinajstić information content (AvgIpc) is 2.82. The monoisotopic (exact) mass is 231 g/mol. The summed E-state index contributed by atoms with van der Waals surface area (Å²) < 4.78 is 0. The molecule has 0 spiro atoms. The van der Waals surface area contributed by atoms with Gasteiger partial charge in [0, 0.05) is 18.9 Å². The van der Waals surface area contributed by atoms with E-state index in [-0.39, 0.29) is 0 Å². The third-order valence-electron chi connectivity index (χ3n) is 3.47. The first-order chi connectivity index (χ1) is 8.28.